The smallest absolute Gasteiger partial charge is 0.0509 e. The van der Waals surface area contributed by atoms with Crippen LogP contribution < -0.4 is 5.32 Å². The van der Waals surface area contributed by atoms with Crippen molar-refractivity contribution in [3.05, 3.63) is 0 Å². The summed E-state index contributed by atoms with van der Waals surface area (Å²) in [4.78, 5) is 2.66. The molecule has 2 atom stereocenters. The minimum atomic E-state index is 0.267. The molecule has 0 saturated carbocycles. The van der Waals surface area contributed by atoms with Gasteiger partial charge in [-0.15, -0.1) is 0 Å². The van der Waals surface area contributed by atoms with E-state index in [0.29, 0.717) is 12.0 Å². The van der Waals surface area contributed by atoms with Crippen LogP contribution in [0.25, 0.3) is 0 Å². The number of nitrogens with zero attached hydrogens (tertiary/aromatic N) is 1. The van der Waals surface area contributed by atoms with E-state index in [4.69, 9.17) is 4.74 Å². The van der Waals surface area contributed by atoms with Crippen LogP contribution in [0.2, 0.25) is 0 Å². The fourth-order valence-corrected chi connectivity index (χ4v) is 4.16. The summed E-state index contributed by atoms with van der Waals surface area (Å²) in [6.07, 6.45) is 4.92. The van der Waals surface area contributed by atoms with Crippen LogP contribution in [-0.4, -0.2) is 49.8 Å². The van der Waals surface area contributed by atoms with Gasteiger partial charge in [0, 0.05) is 18.2 Å². The molecule has 3 nitrogen and oxygen atoms in total. The Balaban J connectivity index is 2.97. The molecule has 0 bridgehead atoms. The van der Waals surface area contributed by atoms with Crippen LogP contribution in [0.4, 0.5) is 0 Å². The van der Waals surface area contributed by atoms with Crippen molar-refractivity contribution in [2.75, 3.05) is 33.4 Å². The lowest BCUT2D eigenvalue weighted by atomic mass is 9.74. The Morgan fingerprint density at radius 1 is 1.21 bits per heavy atom. The normalized spacial score (nSPS) is 22.7. The Kier molecular flexibility index (Phi) is 7.33. The molecule has 1 heterocycles. The Morgan fingerprint density at radius 3 is 2.21 bits per heavy atom. The first-order chi connectivity index (χ1) is 9.19. The maximum absolute atomic E-state index is 5.74. The van der Waals surface area contributed by atoms with Crippen molar-refractivity contribution in [3.63, 3.8) is 0 Å². The molecule has 0 aromatic heterocycles. The molecule has 0 aromatic rings. The molecule has 3 heteroatoms. The average Bonchev–Trinajstić information content (AvgIpc) is 2.48. The summed E-state index contributed by atoms with van der Waals surface area (Å²) in [5, 5.41) is 3.64. The maximum atomic E-state index is 5.74. The topological polar surface area (TPSA) is 24.5 Å². The van der Waals surface area contributed by atoms with Gasteiger partial charge in [0.25, 0.3) is 0 Å². The van der Waals surface area contributed by atoms with Crippen molar-refractivity contribution in [1.29, 1.82) is 0 Å². The maximum Gasteiger partial charge on any atom is 0.0509 e. The highest BCUT2D eigenvalue weighted by molar-refractivity contribution is 5.01. The highest BCUT2D eigenvalue weighted by atomic mass is 16.5. The van der Waals surface area contributed by atoms with E-state index in [1.807, 2.05) is 0 Å². The Morgan fingerprint density at radius 2 is 1.84 bits per heavy atom. The third kappa shape index (κ3) is 3.50. The zero-order valence-corrected chi connectivity index (χ0v) is 13.7. The summed E-state index contributed by atoms with van der Waals surface area (Å²) in [6, 6.07) is 0.530. The molecule has 0 spiro atoms. The number of ether oxygens (including phenoxy) is 1. The van der Waals surface area contributed by atoms with E-state index >= 15 is 0 Å². The monoisotopic (exact) mass is 270 g/mol. The quantitative estimate of drug-likeness (QED) is 0.734. The van der Waals surface area contributed by atoms with E-state index in [9.17, 15) is 0 Å². The molecular weight excluding hydrogens is 236 g/mol. The van der Waals surface area contributed by atoms with Gasteiger partial charge in [0.2, 0.25) is 0 Å². The number of hydrogen-bond donors (Lipinski definition) is 1. The molecule has 114 valence electrons. The second-order valence-electron chi connectivity index (χ2n) is 5.73. The van der Waals surface area contributed by atoms with Crippen molar-refractivity contribution in [1.82, 2.24) is 10.2 Å². The van der Waals surface area contributed by atoms with Gasteiger partial charge in [0.15, 0.2) is 0 Å². The summed E-state index contributed by atoms with van der Waals surface area (Å²) in [7, 11) is 2.13. The molecule has 1 fully saturated rings. The standard InChI is InChI=1S/C16H34N2O/c1-6-16(7-2,18(8-3)9-4)15(17-5)14-11-10-12-19-13-14/h14-15,17H,6-13H2,1-5H3. The van der Waals surface area contributed by atoms with Crippen molar-refractivity contribution in [2.24, 2.45) is 5.92 Å². The van der Waals surface area contributed by atoms with Gasteiger partial charge in [0.1, 0.15) is 0 Å². The molecule has 1 N–H and O–H groups in total. The second-order valence-corrected chi connectivity index (χ2v) is 5.73. The van der Waals surface area contributed by atoms with Gasteiger partial charge in [-0.3, -0.25) is 4.90 Å². The van der Waals surface area contributed by atoms with Crippen LogP contribution in [0, 0.1) is 5.92 Å². The van der Waals surface area contributed by atoms with E-state index in [0.717, 1.165) is 26.3 Å². The van der Waals surface area contributed by atoms with Crippen LogP contribution in [0.3, 0.4) is 0 Å². The molecule has 0 radical (unpaired) electrons. The van der Waals surface area contributed by atoms with Crippen LogP contribution in [-0.2, 0) is 4.74 Å². The van der Waals surface area contributed by atoms with Crippen LogP contribution in [0.5, 0.6) is 0 Å². The fourth-order valence-electron chi connectivity index (χ4n) is 4.16. The lowest BCUT2D eigenvalue weighted by Gasteiger charge is -2.51. The molecule has 2 unspecified atom stereocenters. The van der Waals surface area contributed by atoms with Crippen LogP contribution >= 0.6 is 0 Å². The van der Waals surface area contributed by atoms with Crippen LogP contribution in [0.1, 0.15) is 53.4 Å². The molecule has 1 saturated heterocycles. The number of likely N-dealkylation sites (N-methyl/N-ethyl adjacent to an activating group) is 2. The SMILES string of the molecule is CCN(CC)C(CC)(CC)C(NC)C1CCCOC1. The van der Waals surface area contributed by atoms with Crippen molar-refractivity contribution in [2.45, 2.75) is 65.0 Å². The number of hydrogen-bond acceptors (Lipinski definition) is 3. The van der Waals surface area contributed by atoms with Crippen molar-refractivity contribution in [3.8, 4) is 0 Å². The third-order valence-corrected chi connectivity index (χ3v) is 5.17. The first-order valence-electron chi connectivity index (χ1n) is 8.20. The first-order valence-corrected chi connectivity index (χ1v) is 8.20. The van der Waals surface area contributed by atoms with E-state index in [-0.39, 0.29) is 5.54 Å². The van der Waals surface area contributed by atoms with Gasteiger partial charge in [-0.2, -0.15) is 0 Å². The minimum Gasteiger partial charge on any atom is -0.381 e. The van der Waals surface area contributed by atoms with Crippen LogP contribution in [0.15, 0.2) is 0 Å². The zero-order chi connectivity index (χ0) is 14.3. The fraction of sp³-hybridized carbons (Fsp3) is 1.00. The highest BCUT2D eigenvalue weighted by Gasteiger charge is 2.43. The van der Waals surface area contributed by atoms with Gasteiger partial charge >= 0.3 is 0 Å². The molecule has 1 aliphatic rings. The number of nitrogens with one attached hydrogen (secondary N) is 1. The highest BCUT2D eigenvalue weighted by Crippen LogP contribution is 2.34. The summed E-state index contributed by atoms with van der Waals surface area (Å²) in [5.41, 5.74) is 0.267. The zero-order valence-electron chi connectivity index (χ0n) is 13.7. The average molecular weight is 270 g/mol. The predicted octanol–water partition coefficient (Wildman–Crippen LogP) is 2.90. The first kappa shape index (κ1) is 16.9. The van der Waals surface area contributed by atoms with Gasteiger partial charge in [0.05, 0.1) is 6.61 Å². The van der Waals surface area contributed by atoms with Crippen molar-refractivity contribution < 1.29 is 4.74 Å². The Hall–Kier alpha value is -0.120. The molecule has 19 heavy (non-hydrogen) atoms. The van der Waals surface area contributed by atoms with Gasteiger partial charge in [-0.25, -0.2) is 0 Å². The lowest BCUT2D eigenvalue weighted by molar-refractivity contribution is -0.0211. The molecule has 1 rings (SSSR count). The molecule has 1 aliphatic heterocycles. The van der Waals surface area contributed by atoms with Gasteiger partial charge < -0.3 is 10.1 Å². The lowest BCUT2D eigenvalue weighted by Crippen LogP contribution is -2.63. The van der Waals surface area contributed by atoms with Gasteiger partial charge in [-0.05, 0) is 51.7 Å². The van der Waals surface area contributed by atoms with Gasteiger partial charge in [-0.1, -0.05) is 27.7 Å². The Bertz CT molecular complexity index is 231. The van der Waals surface area contributed by atoms with E-state index in [1.165, 1.54) is 25.7 Å². The molecule has 0 aliphatic carbocycles. The summed E-state index contributed by atoms with van der Waals surface area (Å²) >= 11 is 0. The predicted molar refractivity (Wildman–Crippen MR) is 82.6 cm³/mol. The second kappa shape index (κ2) is 8.23. The number of rotatable bonds is 8. The van der Waals surface area contributed by atoms with E-state index in [1.54, 1.807) is 0 Å². The molecular formula is C16H34N2O. The summed E-state index contributed by atoms with van der Waals surface area (Å²) in [6.45, 7) is 13.4. The van der Waals surface area contributed by atoms with E-state index < -0.39 is 0 Å². The summed E-state index contributed by atoms with van der Waals surface area (Å²) in [5.74, 6) is 0.652. The van der Waals surface area contributed by atoms with Crippen molar-refractivity contribution >= 4 is 0 Å². The molecule has 0 aromatic carbocycles. The largest absolute Gasteiger partial charge is 0.381 e. The van der Waals surface area contributed by atoms with E-state index in [2.05, 4.69) is 45.0 Å². The molecule has 0 amide bonds. The Labute approximate surface area is 120 Å². The third-order valence-electron chi connectivity index (χ3n) is 5.17. The summed E-state index contributed by atoms with van der Waals surface area (Å²) < 4.78 is 5.74. The minimum absolute atomic E-state index is 0.267.